The number of nitrogens with zero attached hydrogens (tertiary/aromatic N) is 1. The number of methoxy groups -OCH3 is 2. The molecule has 2 atom stereocenters. The molecule has 0 radical (unpaired) electrons. The number of benzene rings is 1. The minimum Gasteiger partial charge on any atom is -0.468 e. The first-order valence-corrected chi connectivity index (χ1v) is 7.04. The Morgan fingerprint density at radius 3 is 2.22 bits per heavy atom. The lowest BCUT2D eigenvalue weighted by Crippen LogP contribution is -2.55. The average molecular weight is 319 g/mol. The second-order valence-corrected chi connectivity index (χ2v) is 5.12. The maximum absolute atomic E-state index is 12.6. The quantitative estimate of drug-likeness (QED) is 0.593. The molecule has 1 fully saturated rings. The van der Waals surface area contributed by atoms with Crippen molar-refractivity contribution < 1.29 is 28.7 Å². The zero-order valence-corrected chi connectivity index (χ0v) is 12.9. The van der Waals surface area contributed by atoms with E-state index in [9.17, 15) is 19.2 Å². The number of likely N-dealkylation sites (tertiary alicyclic amines) is 1. The third-order valence-corrected chi connectivity index (χ3v) is 3.79. The van der Waals surface area contributed by atoms with Crippen molar-refractivity contribution in [1.82, 2.24) is 4.90 Å². The lowest BCUT2D eigenvalue weighted by molar-refractivity contribution is -0.156. The van der Waals surface area contributed by atoms with Crippen molar-refractivity contribution in [3.8, 4) is 0 Å². The topological polar surface area (TPSA) is 90.0 Å². The number of piperidine rings is 1. The standard InChI is InChI=1S/C16H17NO6/c1-22-15(20)11-8-12(16(21)23-2)17(9-13(11)18)14(19)10-6-4-3-5-7-10/h3-7,11-12H,8-9H2,1-2H3/t11-,12+/m1/s1. The Morgan fingerprint density at radius 1 is 1.04 bits per heavy atom. The summed E-state index contributed by atoms with van der Waals surface area (Å²) in [5.41, 5.74) is 0.353. The fraction of sp³-hybridized carbons (Fsp3) is 0.375. The minimum atomic E-state index is -1.07. The molecule has 122 valence electrons. The Labute approximate surface area is 133 Å². The van der Waals surface area contributed by atoms with Crippen molar-refractivity contribution in [3.05, 3.63) is 35.9 Å². The lowest BCUT2D eigenvalue weighted by Gasteiger charge is -2.35. The van der Waals surface area contributed by atoms with Gasteiger partial charge in [0.2, 0.25) is 0 Å². The summed E-state index contributed by atoms with van der Waals surface area (Å²) in [6.45, 7) is -0.340. The molecule has 1 heterocycles. The van der Waals surface area contributed by atoms with E-state index in [2.05, 4.69) is 4.74 Å². The summed E-state index contributed by atoms with van der Waals surface area (Å²) < 4.78 is 9.29. The first kappa shape index (κ1) is 16.7. The molecule has 1 aliphatic rings. The molecule has 0 bridgehead atoms. The number of amides is 1. The van der Waals surface area contributed by atoms with Crippen molar-refractivity contribution in [3.63, 3.8) is 0 Å². The molecular weight excluding hydrogens is 302 g/mol. The van der Waals surface area contributed by atoms with Crippen LogP contribution >= 0.6 is 0 Å². The van der Waals surface area contributed by atoms with Crippen molar-refractivity contribution in [1.29, 1.82) is 0 Å². The van der Waals surface area contributed by atoms with Crippen LogP contribution in [0.3, 0.4) is 0 Å². The highest BCUT2D eigenvalue weighted by molar-refractivity contribution is 6.06. The summed E-state index contributed by atoms with van der Waals surface area (Å²) >= 11 is 0. The number of esters is 2. The van der Waals surface area contributed by atoms with Gasteiger partial charge in [0.15, 0.2) is 5.78 Å². The molecule has 0 spiro atoms. The molecule has 0 saturated carbocycles. The molecule has 1 aromatic rings. The van der Waals surface area contributed by atoms with Crippen LogP contribution in [0.4, 0.5) is 0 Å². The fourth-order valence-corrected chi connectivity index (χ4v) is 2.56. The number of rotatable bonds is 3. The van der Waals surface area contributed by atoms with Crippen molar-refractivity contribution in [2.45, 2.75) is 12.5 Å². The molecule has 23 heavy (non-hydrogen) atoms. The van der Waals surface area contributed by atoms with Crippen LogP contribution in [0.2, 0.25) is 0 Å². The number of carbonyl (C=O) groups excluding carboxylic acids is 4. The maximum atomic E-state index is 12.6. The Hall–Kier alpha value is -2.70. The van der Waals surface area contributed by atoms with E-state index in [1.165, 1.54) is 14.2 Å². The van der Waals surface area contributed by atoms with Crippen LogP contribution < -0.4 is 0 Å². The molecule has 7 heteroatoms. The highest BCUT2D eigenvalue weighted by atomic mass is 16.5. The van der Waals surface area contributed by atoms with Gasteiger partial charge >= 0.3 is 11.9 Å². The number of hydrogen-bond acceptors (Lipinski definition) is 6. The Kier molecular flexibility index (Phi) is 5.10. The summed E-state index contributed by atoms with van der Waals surface area (Å²) in [5, 5.41) is 0. The Bertz CT molecular complexity index is 627. The first-order chi connectivity index (χ1) is 11.0. The highest BCUT2D eigenvalue weighted by Gasteiger charge is 2.44. The van der Waals surface area contributed by atoms with Crippen LogP contribution in [0.1, 0.15) is 16.8 Å². The van der Waals surface area contributed by atoms with Gasteiger partial charge in [-0.25, -0.2) is 4.79 Å². The molecule has 7 nitrogen and oxygen atoms in total. The lowest BCUT2D eigenvalue weighted by atomic mass is 9.89. The van der Waals surface area contributed by atoms with Gasteiger partial charge in [0, 0.05) is 5.56 Å². The van der Waals surface area contributed by atoms with Gasteiger partial charge in [0.05, 0.1) is 20.8 Å². The zero-order valence-electron chi connectivity index (χ0n) is 12.9. The van der Waals surface area contributed by atoms with E-state index in [0.717, 1.165) is 4.90 Å². The smallest absolute Gasteiger partial charge is 0.328 e. The van der Waals surface area contributed by atoms with Gasteiger partial charge in [-0.05, 0) is 18.6 Å². The van der Waals surface area contributed by atoms with Gasteiger partial charge in [-0.3, -0.25) is 14.4 Å². The molecule has 1 aliphatic heterocycles. The number of ether oxygens (including phenoxy) is 2. The summed E-state index contributed by atoms with van der Waals surface area (Å²) in [7, 11) is 2.36. The zero-order chi connectivity index (χ0) is 17.0. The Morgan fingerprint density at radius 2 is 1.65 bits per heavy atom. The van der Waals surface area contributed by atoms with E-state index >= 15 is 0 Å². The molecule has 0 N–H and O–H groups in total. The molecule has 1 aromatic carbocycles. The summed E-state index contributed by atoms with van der Waals surface area (Å²) in [6, 6.07) is 7.30. The van der Waals surface area contributed by atoms with Crippen molar-refractivity contribution in [2.24, 2.45) is 5.92 Å². The van der Waals surface area contributed by atoms with Crippen molar-refractivity contribution >= 4 is 23.6 Å². The SMILES string of the molecule is COC(=O)[C@@H]1C[C@@H](C(=O)OC)N(C(=O)c2ccccc2)CC1=O. The van der Waals surface area contributed by atoms with E-state index in [4.69, 9.17) is 4.74 Å². The molecule has 0 unspecified atom stereocenters. The van der Waals surface area contributed by atoms with Gasteiger partial charge in [-0.2, -0.15) is 0 Å². The van der Waals surface area contributed by atoms with Crippen LogP contribution in [0, 0.1) is 5.92 Å². The third kappa shape index (κ3) is 3.39. The largest absolute Gasteiger partial charge is 0.468 e. The number of hydrogen-bond donors (Lipinski definition) is 0. The second-order valence-electron chi connectivity index (χ2n) is 5.12. The monoisotopic (exact) mass is 319 g/mol. The fourth-order valence-electron chi connectivity index (χ4n) is 2.56. The summed E-state index contributed by atoms with van der Waals surface area (Å²) in [4.78, 5) is 49.5. The van der Waals surface area contributed by atoms with E-state index in [1.807, 2.05) is 0 Å². The second kappa shape index (κ2) is 7.04. The maximum Gasteiger partial charge on any atom is 0.328 e. The first-order valence-electron chi connectivity index (χ1n) is 7.04. The molecular formula is C16H17NO6. The normalized spacial score (nSPS) is 20.8. The van der Waals surface area contributed by atoms with Crippen LogP contribution in [0.25, 0.3) is 0 Å². The van der Waals surface area contributed by atoms with Crippen LogP contribution in [-0.2, 0) is 23.9 Å². The van der Waals surface area contributed by atoms with Gasteiger partial charge in [0.1, 0.15) is 12.0 Å². The van der Waals surface area contributed by atoms with Crippen LogP contribution in [0.5, 0.6) is 0 Å². The Balaban J connectivity index is 2.30. The van der Waals surface area contributed by atoms with E-state index in [0.29, 0.717) is 5.56 Å². The van der Waals surface area contributed by atoms with Gasteiger partial charge < -0.3 is 14.4 Å². The minimum absolute atomic E-state index is 0.142. The van der Waals surface area contributed by atoms with E-state index in [1.54, 1.807) is 30.3 Å². The number of Topliss-reactive ketones (excluding diaryl/α,β-unsaturated/α-hetero) is 1. The molecule has 1 amide bonds. The molecule has 1 saturated heterocycles. The van der Waals surface area contributed by atoms with Gasteiger partial charge in [-0.15, -0.1) is 0 Å². The van der Waals surface area contributed by atoms with Gasteiger partial charge in [0.25, 0.3) is 5.91 Å². The van der Waals surface area contributed by atoms with Crippen LogP contribution in [-0.4, -0.2) is 55.3 Å². The third-order valence-electron chi connectivity index (χ3n) is 3.79. The van der Waals surface area contributed by atoms with Crippen LogP contribution in [0.15, 0.2) is 30.3 Å². The van der Waals surface area contributed by atoms with Crippen molar-refractivity contribution in [2.75, 3.05) is 20.8 Å². The highest BCUT2D eigenvalue weighted by Crippen LogP contribution is 2.24. The number of ketones is 1. The predicted molar refractivity (Wildman–Crippen MR) is 78.4 cm³/mol. The predicted octanol–water partition coefficient (Wildman–Crippen LogP) is 0.432. The van der Waals surface area contributed by atoms with Gasteiger partial charge in [-0.1, -0.05) is 18.2 Å². The van der Waals surface area contributed by atoms with E-state index < -0.39 is 35.6 Å². The van der Waals surface area contributed by atoms with E-state index in [-0.39, 0.29) is 13.0 Å². The summed E-state index contributed by atoms with van der Waals surface area (Å²) in [5.74, 6) is -3.37. The number of carbonyl (C=O) groups is 4. The molecule has 0 aromatic heterocycles. The average Bonchev–Trinajstić information content (AvgIpc) is 2.60. The molecule has 0 aliphatic carbocycles. The molecule has 2 rings (SSSR count). The summed E-state index contributed by atoms with van der Waals surface area (Å²) in [6.07, 6.45) is -0.142.